The van der Waals surface area contributed by atoms with Crippen LogP contribution in [-0.4, -0.2) is 41.2 Å². The topological polar surface area (TPSA) is 95.7 Å². The van der Waals surface area contributed by atoms with Crippen molar-refractivity contribution in [2.24, 2.45) is 5.73 Å². The molecule has 2 N–H and O–H groups in total. The van der Waals surface area contributed by atoms with Crippen LogP contribution < -0.4 is 15.2 Å². The Kier molecular flexibility index (Phi) is 4.31. The fourth-order valence-corrected chi connectivity index (χ4v) is 2.32. The van der Waals surface area contributed by atoms with Crippen LogP contribution in [0, 0.1) is 0 Å². The predicted molar refractivity (Wildman–Crippen MR) is 66.0 cm³/mol. The fraction of sp³-hybridized carbons (Fsp3) is 0.364. The zero-order chi connectivity index (χ0) is 13.9. The van der Waals surface area contributed by atoms with Gasteiger partial charge in [0.15, 0.2) is 15.6 Å². The summed E-state index contributed by atoms with van der Waals surface area (Å²) in [4.78, 5) is 11.6. The SMILES string of the molecule is COc1cc(S(C)(=O)=O)c(OC)cc1C(=O)CN. The van der Waals surface area contributed by atoms with Crippen LogP contribution in [-0.2, 0) is 9.84 Å². The van der Waals surface area contributed by atoms with Gasteiger partial charge in [-0.15, -0.1) is 0 Å². The Morgan fingerprint density at radius 2 is 1.78 bits per heavy atom. The van der Waals surface area contributed by atoms with Gasteiger partial charge in [-0.3, -0.25) is 4.79 Å². The highest BCUT2D eigenvalue weighted by Crippen LogP contribution is 2.32. The molecule has 0 atom stereocenters. The van der Waals surface area contributed by atoms with Gasteiger partial charge in [0.25, 0.3) is 0 Å². The van der Waals surface area contributed by atoms with Crippen molar-refractivity contribution >= 4 is 15.6 Å². The molecule has 1 aromatic rings. The molecule has 0 aliphatic heterocycles. The van der Waals surface area contributed by atoms with E-state index in [1.165, 1.54) is 26.4 Å². The van der Waals surface area contributed by atoms with E-state index in [0.717, 1.165) is 6.26 Å². The number of ketones is 1. The molecular weight excluding hydrogens is 258 g/mol. The van der Waals surface area contributed by atoms with E-state index in [0.29, 0.717) is 0 Å². The standard InChI is InChI=1S/C11H15NO5S/c1-16-9-5-11(18(3,14)15)10(17-2)4-7(9)8(13)6-12/h4-5H,6,12H2,1-3H3. The fourth-order valence-electron chi connectivity index (χ4n) is 1.49. The molecule has 0 unspecified atom stereocenters. The van der Waals surface area contributed by atoms with Gasteiger partial charge in [0.05, 0.1) is 26.3 Å². The molecule has 1 aromatic carbocycles. The smallest absolute Gasteiger partial charge is 0.180 e. The van der Waals surface area contributed by atoms with Crippen LogP contribution in [0.3, 0.4) is 0 Å². The number of hydrogen-bond donors (Lipinski definition) is 1. The van der Waals surface area contributed by atoms with Gasteiger partial charge in [-0.1, -0.05) is 0 Å². The lowest BCUT2D eigenvalue weighted by atomic mass is 10.1. The van der Waals surface area contributed by atoms with Crippen molar-refractivity contribution in [3.63, 3.8) is 0 Å². The van der Waals surface area contributed by atoms with E-state index in [1.807, 2.05) is 0 Å². The monoisotopic (exact) mass is 273 g/mol. The second kappa shape index (κ2) is 5.36. The maximum absolute atomic E-state index is 11.6. The second-order valence-electron chi connectivity index (χ2n) is 3.60. The minimum atomic E-state index is -3.47. The normalized spacial score (nSPS) is 11.1. The Balaban J connectivity index is 3.57. The van der Waals surface area contributed by atoms with Crippen molar-refractivity contribution in [3.8, 4) is 11.5 Å². The van der Waals surface area contributed by atoms with Crippen molar-refractivity contribution in [2.45, 2.75) is 4.90 Å². The number of ether oxygens (including phenoxy) is 2. The summed E-state index contributed by atoms with van der Waals surface area (Å²) in [6.45, 7) is -0.197. The molecule has 0 aliphatic carbocycles. The van der Waals surface area contributed by atoms with E-state index < -0.39 is 9.84 Å². The van der Waals surface area contributed by atoms with Crippen molar-refractivity contribution in [1.29, 1.82) is 0 Å². The molecule has 0 radical (unpaired) electrons. The number of carbonyl (C=O) groups excluding carboxylic acids is 1. The summed E-state index contributed by atoms with van der Waals surface area (Å²) in [5, 5.41) is 0. The van der Waals surface area contributed by atoms with Gasteiger partial charge in [0, 0.05) is 12.3 Å². The van der Waals surface area contributed by atoms with E-state index in [4.69, 9.17) is 15.2 Å². The van der Waals surface area contributed by atoms with Gasteiger partial charge in [-0.2, -0.15) is 0 Å². The molecule has 0 amide bonds. The minimum Gasteiger partial charge on any atom is -0.496 e. The Morgan fingerprint density at radius 1 is 1.22 bits per heavy atom. The van der Waals surface area contributed by atoms with Crippen LogP contribution in [0.4, 0.5) is 0 Å². The molecule has 0 fully saturated rings. The molecule has 0 heterocycles. The quantitative estimate of drug-likeness (QED) is 0.772. The molecular formula is C11H15NO5S. The Hall–Kier alpha value is -1.60. The van der Waals surface area contributed by atoms with Crippen LogP contribution in [0.1, 0.15) is 10.4 Å². The molecule has 1 rings (SSSR count). The highest BCUT2D eigenvalue weighted by Gasteiger charge is 2.21. The van der Waals surface area contributed by atoms with Crippen LogP contribution in [0.2, 0.25) is 0 Å². The van der Waals surface area contributed by atoms with Gasteiger partial charge >= 0.3 is 0 Å². The summed E-state index contributed by atoms with van der Waals surface area (Å²) < 4.78 is 33.2. The first kappa shape index (κ1) is 14.5. The van der Waals surface area contributed by atoms with Crippen molar-refractivity contribution in [1.82, 2.24) is 0 Å². The van der Waals surface area contributed by atoms with Crippen LogP contribution >= 0.6 is 0 Å². The lowest BCUT2D eigenvalue weighted by Gasteiger charge is -2.12. The third-order valence-electron chi connectivity index (χ3n) is 2.37. The Bertz CT molecular complexity index is 565. The van der Waals surface area contributed by atoms with E-state index in [-0.39, 0.29) is 34.3 Å². The third-order valence-corrected chi connectivity index (χ3v) is 3.49. The summed E-state index contributed by atoms with van der Waals surface area (Å²) in [6.07, 6.45) is 1.05. The highest BCUT2D eigenvalue weighted by molar-refractivity contribution is 7.90. The molecule has 0 bridgehead atoms. The maximum Gasteiger partial charge on any atom is 0.180 e. The lowest BCUT2D eigenvalue weighted by Crippen LogP contribution is -2.15. The number of methoxy groups -OCH3 is 2. The molecule has 0 saturated carbocycles. The predicted octanol–water partition coefficient (Wildman–Crippen LogP) is 0.249. The van der Waals surface area contributed by atoms with Crippen molar-refractivity contribution in [3.05, 3.63) is 17.7 Å². The third kappa shape index (κ3) is 2.80. The van der Waals surface area contributed by atoms with Crippen molar-refractivity contribution < 1.29 is 22.7 Å². The molecule has 100 valence electrons. The first-order valence-electron chi connectivity index (χ1n) is 5.04. The number of carbonyl (C=O) groups is 1. The van der Waals surface area contributed by atoms with Gasteiger partial charge in [0.1, 0.15) is 16.4 Å². The van der Waals surface area contributed by atoms with Crippen LogP contribution in [0.25, 0.3) is 0 Å². The first-order valence-corrected chi connectivity index (χ1v) is 6.93. The molecule has 0 spiro atoms. The van der Waals surface area contributed by atoms with E-state index in [2.05, 4.69) is 0 Å². The molecule has 0 aromatic heterocycles. The number of Topliss-reactive ketones (excluding diaryl/α,β-unsaturated/α-hetero) is 1. The minimum absolute atomic E-state index is 0.0320. The number of hydrogen-bond acceptors (Lipinski definition) is 6. The van der Waals surface area contributed by atoms with Gasteiger partial charge < -0.3 is 15.2 Å². The number of nitrogens with two attached hydrogens (primary N) is 1. The number of benzene rings is 1. The highest BCUT2D eigenvalue weighted by atomic mass is 32.2. The summed E-state index contributed by atoms with van der Waals surface area (Å²) >= 11 is 0. The average Bonchev–Trinajstić information content (AvgIpc) is 2.34. The van der Waals surface area contributed by atoms with Gasteiger partial charge in [-0.05, 0) is 6.07 Å². The van der Waals surface area contributed by atoms with Crippen LogP contribution in [0.5, 0.6) is 11.5 Å². The summed E-state index contributed by atoms with van der Waals surface area (Å²) in [6, 6.07) is 2.58. The van der Waals surface area contributed by atoms with Gasteiger partial charge in [-0.25, -0.2) is 8.42 Å². The van der Waals surface area contributed by atoms with Gasteiger partial charge in [0.2, 0.25) is 0 Å². The zero-order valence-corrected chi connectivity index (χ0v) is 11.2. The summed E-state index contributed by atoms with van der Waals surface area (Å²) in [5.74, 6) is -0.105. The van der Waals surface area contributed by atoms with E-state index in [1.54, 1.807) is 0 Å². The van der Waals surface area contributed by atoms with Crippen molar-refractivity contribution in [2.75, 3.05) is 27.0 Å². The number of sulfone groups is 1. The maximum atomic E-state index is 11.6. The molecule has 0 aliphatic rings. The molecule has 7 heteroatoms. The van der Waals surface area contributed by atoms with E-state index in [9.17, 15) is 13.2 Å². The zero-order valence-electron chi connectivity index (χ0n) is 10.4. The summed E-state index contributed by atoms with van der Waals surface area (Å²) in [5.41, 5.74) is 5.48. The first-order chi connectivity index (χ1) is 8.35. The largest absolute Gasteiger partial charge is 0.496 e. The van der Waals surface area contributed by atoms with E-state index >= 15 is 0 Å². The average molecular weight is 273 g/mol. The molecule has 6 nitrogen and oxygen atoms in total. The second-order valence-corrected chi connectivity index (χ2v) is 5.59. The lowest BCUT2D eigenvalue weighted by molar-refractivity contribution is 0.0998. The number of rotatable bonds is 5. The Labute approximate surface area is 106 Å². The summed E-state index contributed by atoms with van der Waals surface area (Å²) in [7, 11) is -0.800. The molecule has 18 heavy (non-hydrogen) atoms. The Morgan fingerprint density at radius 3 is 2.17 bits per heavy atom. The van der Waals surface area contributed by atoms with Crippen LogP contribution in [0.15, 0.2) is 17.0 Å². The molecule has 0 saturated heterocycles.